The minimum Gasteiger partial charge on any atom is -0.277 e. The second-order valence-electron chi connectivity index (χ2n) is 14.7. The molecule has 12 nitrogen and oxygen atoms in total. The highest BCUT2D eigenvalue weighted by Gasteiger charge is 2.22. The largest absolute Gasteiger partial charge is 0.277 e. The molecule has 2 N–H and O–H groups in total. The summed E-state index contributed by atoms with van der Waals surface area (Å²) in [4.78, 5) is 0.373. The summed E-state index contributed by atoms with van der Waals surface area (Å²) in [6.45, 7) is 16.2. The first-order valence-corrected chi connectivity index (χ1v) is 21.7. The molecule has 0 saturated heterocycles. The number of nitrogens with one attached hydrogen (secondary N) is 2. The molecule has 6 rings (SSSR count). The van der Waals surface area contributed by atoms with Crippen molar-refractivity contribution in [3.8, 4) is 11.4 Å². The molecule has 0 saturated carbocycles. The third-order valence-electron chi connectivity index (χ3n) is 8.48. The molecule has 55 heavy (non-hydrogen) atoms. The summed E-state index contributed by atoms with van der Waals surface area (Å²) >= 11 is 14.3. The lowest BCUT2D eigenvalue weighted by molar-refractivity contribution is 0.587. The normalized spacial score (nSPS) is 12.2. The van der Waals surface area contributed by atoms with Crippen LogP contribution in [-0.4, -0.2) is 46.8 Å². The van der Waals surface area contributed by atoms with Gasteiger partial charge < -0.3 is 0 Å². The van der Waals surface area contributed by atoms with Crippen molar-refractivity contribution in [1.29, 1.82) is 0 Å². The van der Waals surface area contributed by atoms with Crippen molar-refractivity contribution in [2.24, 2.45) is 0 Å². The second kappa shape index (κ2) is 16.2. The molecule has 17 heteroatoms. The summed E-state index contributed by atoms with van der Waals surface area (Å²) in [5.74, 6) is 0. The van der Waals surface area contributed by atoms with E-state index in [2.05, 4.69) is 94.2 Å². The van der Waals surface area contributed by atoms with Crippen LogP contribution in [0.5, 0.6) is 0 Å². The third-order valence-corrected chi connectivity index (χ3v) is 12.7. The van der Waals surface area contributed by atoms with Gasteiger partial charge in [-0.25, -0.2) is 26.2 Å². The van der Waals surface area contributed by atoms with E-state index in [1.54, 1.807) is 71.5 Å². The maximum atomic E-state index is 12.9. The molecule has 0 aliphatic rings. The average molecular weight is 936 g/mol. The number of hydrogen-bond donors (Lipinski definition) is 2. The molecule has 0 aliphatic carbocycles. The molecule has 6 aromatic rings. The Bertz CT molecular complexity index is 2550. The van der Waals surface area contributed by atoms with Crippen LogP contribution in [0.4, 0.5) is 11.4 Å². The monoisotopic (exact) mass is 934 g/mol. The average Bonchev–Trinajstić information content (AvgIpc) is 3.69. The van der Waals surface area contributed by atoms with Crippen LogP contribution in [0.1, 0.15) is 64.1 Å². The van der Waals surface area contributed by atoms with E-state index >= 15 is 0 Å². The number of aryl methyl sites for hydroxylation is 1. The van der Waals surface area contributed by atoms with Crippen LogP contribution in [0.2, 0.25) is 10.0 Å². The highest BCUT2D eigenvalue weighted by atomic mass is 127. The summed E-state index contributed by atoms with van der Waals surface area (Å²) < 4.78 is 60.7. The van der Waals surface area contributed by atoms with E-state index in [9.17, 15) is 16.8 Å². The van der Waals surface area contributed by atoms with E-state index in [1.165, 1.54) is 4.68 Å². The molecular weight excluding hydrogens is 894 g/mol. The maximum Gasteiger partial charge on any atom is 0.261 e. The predicted octanol–water partition coefficient (Wildman–Crippen LogP) is 9.26. The number of sulfonamides is 2. The van der Waals surface area contributed by atoms with Crippen molar-refractivity contribution < 1.29 is 16.8 Å². The molecule has 0 atom stereocenters. The van der Waals surface area contributed by atoms with Crippen LogP contribution in [0.25, 0.3) is 11.4 Å². The van der Waals surface area contributed by atoms with Crippen molar-refractivity contribution in [2.45, 2.75) is 76.0 Å². The van der Waals surface area contributed by atoms with Gasteiger partial charge in [-0.1, -0.05) is 99.4 Å². The molecule has 0 radical (unpaired) electrons. The lowest BCUT2D eigenvalue weighted by Crippen LogP contribution is -2.16. The summed E-state index contributed by atoms with van der Waals surface area (Å²) in [5, 5.41) is 16.9. The van der Waals surface area contributed by atoms with E-state index in [-0.39, 0.29) is 20.6 Å². The minimum atomic E-state index is -3.78. The molecule has 0 bridgehead atoms. The summed E-state index contributed by atoms with van der Waals surface area (Å²) in [6.07, 6.45) is 1.59. The van der Waals surface area contributed by atoms with E-state index < -0.39 is 20.0 Å². The molecule has 0 fully saturated rings. The molecule has 0 aliphatic heterocycles. The molecule has 290 valence electrons. The lowest BCUT2D eigenvalue weighted by Gasteiger charge is -2.19. The fourth-order valence-corrected chi connectivity index (χ4v) is 8.08. The van der Waals surface area contributed by atoms with Gasteiger partial charge in [-0.15, -0.1) is 10.2 Å². The van der Waals surface area contributed by atoms with Gasteiger partial charge >= 0.3 is 0 Å². The first-order valence-electron chi connectivity index (χ1n) is 16.9. The second-order valence-corrected chi connectivity index (χ2v) is 20.0. The highest BCUT2D eigenvalue weighted by Crippen LogP contribution is 2.31. The van der Waals surface area contributed by atoms with Gasteiger partial charge in [0.15, 0.2) is 0 Å². The molecule has 0 amide bonds. The number of nitrogens with zero attached hydrogens (tertiary/aromatic N) is 6. The molecule has 0 spiro atoms. The number of rotatable bonds is 8. The van der Waals surface area contributed by atoms with E-state index in [4.69, 9.17) is 23.2 Å². The Morgan fingerprint density at radius 3 is 1.38 bits per heavy atom. The molecule has 4 aromatic carbocycles. The van der Waals surface area contributed by atoms with Crippen LogP contribution in [0, 0.1) is 17.5 Å². The van der Waals surface area contributed by atoms with E-state index in [0.717, 1.165) is 26.2 Å². The van der Waals surface area contributed by atoms with Gasteiger partial charge in [0, 0.05) is 10.0 Å². The molecule has 0 unspecified atom stereocenters. The smallest absolute Gasteiger partial charge is 0.261 e. The van der Waals surface area contributed by atoms with Crippen LogP contribution >= 0.6 is 45.8 Å². The SMILES string of the molecule is Cc1c(I)nnn1-c1cc(Cl)ccc1NS(=O)(=O)c1ccc(C(C)(C)C)cc1.Cc1cnnn1-c1cc(Cl)ccc1NS(=O)(=O)c1ccc(C(C)(C)C)cc1. The zero-order chi connectivity index (χ0) is 40.5. The molecule has 2 heterocycles. The standard InChI is InChI=1S/C19H20ClIN4O2S.C19H21ClN4O2S/c1-12-18(21)22-24-25(12)17-11-14(20)7-10-16(17)23-28(26,27)15-8-5-13(6-9-15)19(2,3)4;1-13-12-21-23-24(13)18-11-15(20)7-10-17(18)22-27(25,26)16-8-5-14(6-9-16)19(2,3)4/h5-11,23H,1-4H3;5-12,22H,1-4H3. The van der Waals surface area contributed by atoms with Gasteiger partial charge in [-0.2, -0.15) is 0 Å². The summed E-state index contributed by atoms with van der Waals surface area (Å²) in [7, 11) is -7.55. The number of benzene rings is 4. The van der Waals surface area contributed by atoms with Crippen molar-refractivity contribution >= 4 is 77.2 Å². The Balaban J connectivity index is 0.000000211. The van der Waals surface area contributed by atoms with Gasteiger partial charge in [0.2, 0.25) is 0 Å². The van der Waals surface area contributed by atoms with Gasteiger partial charge in [0.1, 0.15) is 3.70 Å². The number of anilines is 2. The Hall–Kier alpha value is -4.03. The maximum absolute atomic E-state index is 12.9. The fraction of sp³-hybridized carbons (Fsp3) is 0.263. The summed E-state index contributed by atoms with van der Waals surface area (Å²) in [6, 6.07) is 23.6. The van der Waals surface area contributed by atoms with Crippen LogP contribution in [0.3, 0.4) is 0 Å². The summed E-state index contributed by atoms with van der Waals surface area (Å²) in [5.41, 5.74) is 5.32. The third kappa shape index (κ3) is 10.0. The van der Waals surface area contributed by atoms with Gasteiger partial charge in [0.25, 0.3) is 20.0 Å². The number of halogens is 3. The lowest BCUT2D eigenvalue weighted by atomic mass is 9.87. The van der Waals surface area contributed by atoms with Crippen molar-refractivity contribution in [1.82, 2.24) is 30.0 Å². The van der Waals surface area contributed by atoms with Crippen LogP contribution < -0.4 is 9.44 Å². The Morgan fingerprint density at radius 1 is 0.618 bits per heavy atom. The first-order chi connectivity index (χ1) is 25.6. The highest BCUT2D eigenvalue weighted by molar-refractivity contribution is 14.1. The minimum absolute atomic E-state index is 0.0519. The Kier molecular flexibility index (Phi) is 12.4. The molecular formula is C38H41Cl2IN8O4S2. The fourth-order valence-electron chi connectivity index (χ4n) is 5.27. The van der Waals surface area contributed by atoms with Crippen LogP contribution in [0.15, 0.2) is 101 Å². The van der Waals surface area contributed by atoms with Gasteiger partial charge in [-0.05, 0) is 119 Å². The van der Waals surface area contributed by atoms with Crippen molar-refractivity contribution in [3.63, 3.8) is 0 Å². The number of hydrogen-bond acceptors (Lipinski definition) is 8. The van der Waals surface area contributed by atoms with Crippen molar-refractivity contribution in [2.75, 3.05) is 9.44 Å². The predicted molar refractivity (Wildman–Crippen MR) is 227 cm³/mol. The van der Waals surface area contributed by atoms with Gasteiger partial charge in [-0.3, -0.25) is 9.44 Å². The van der Waals surface area contributed by atoms with E-state index in [1.807, 2.05) is 38.1 Å². The number of aromatic nitrogens is 6. The molecule has 2 aromatic heterocycles. The van der Waals surface area contributed by atoms with E-state index in [0.29, 0.717) is 32.8 Å². The zero-order valence-electron chi connectivity index (χ0n) is 31.4. The quantitative estimate of drug-likeness (QED) is 0.143. The topological polar surface area (TPSA) is 154 Å². The van der Waals surface area contributed by atoms with Gasteiger partial charge in [0.05, 0.1) is 50.1 Å². The Labute approximate surface area is 345 Å². The Morgan fingerprint density at radius 2 is 1.04 bits per heavy atom. The first kappa shape index (κ1) is 42.1. The zero-order valence-corrected chi connectivity index (χ0v) is 36.7. The van der Waals surface area contributed by atoms with Crippen molar-refractivity contribution in [3.05, 3.63) is 127 Å². The van der Waals surface area contributed by atoms with Crippen LogP contribution in [-0.2, 0) is 30.9 Å².